The van der Waals surface area contributed by atoms with Gasteiger partial charge in [0.2, 0.25) is 0 Å². The minimum atomic E-state index is -0.153. The van der Waals surface area contributed by atoms with Gasteiger partial charge in [0.15, 0.2) is 11.5 Å². The molecule has 0 bridgehead atoms. The number of methoxy groups -OCH3 is 1. The number of amides is 2. The third kappa shape index (κ3) is 4.34. The number of hydrogen-bond acceptors (Lipinski definition) is 3. The number of nitrogens with one attached hydrogen (secondary N) is 2. The number of hydrogen-bond donors (Lipinski definition) is 2. The van der Waals surface area contributed by atoms with Gasteiger partial charge in [0.1, 0.15) is 0 Å². The Bertz CT molecular complexity index is 920. The predicted molar refractivity (Wildman–Crippen MR) is 108 cm³/mol. The Morgan fingerprint density at radius 3 is 2.70 bits per heavy atom. The van der Waals surface area contributed by atoms with Gasteiger partial charge in [0, 0.05) is 36.6 Å². The standard InChI is InChI=1S/C21H25N3O3/c1-4-24(14-15-6-8-18-16(12-15)10-11-22-18)21(25)23-17-7-9-19(26-3)20(13-17)27-5-2/h6-13,22H,4-5,14H2,1-3H3,(H,23,25). The maximum Gasteiger partial charge on any atom is 0.322 e. The second-order valence-corrected chi connectivity index (χ2v) is 6.14. The molecule has 0 saturated heterocycles. The number of H-pyrrole nitrogens is 1. The largest absolute Gasteiger partial charge is 0.493 e. The number of anilines is 1. The molecule has 0 aliphatic carbocycles. The molecule has 3 aromatic rings. The van der Waals surface area contributed by atoms with Gasteiger partial charge in [-0.25, -0.2) is 4.79 Å². The van der Waals surface area contributed by atoms with Gasteiger partial charge in [-0.2, -0.15) is 0 Å². The number of aromatic amines is 1. The van der Waals surface area contributed by atoms with Crippen LogP contribution in [-0.4, -0.2) is 36.2 Å². The lowest BCUT2D eigenvalue weighted by Crippen LogP contribution is -2.34. The molecule has 0 aliphatic rings. The zero-order valence-electron chi connectivity index (χ0n) is 15.9. The fourth-order valence-corrected chi connectivity index (χ4v) is 2.97. The Balaban J connectivity index is 1.72. The number of urea groups is 1. The molecule has 3 rings (SSSR count). The summed E-state index contributed by atoms with van der Waals surface area (Å²) in [6, 6.07) is 13.4. The third-order valence-corrected chi connectivity index (χ3v) is 4.37. The van der Waals surface area contributed by atoms with Crippen molar-refractivity contribution in [2.24, 2.45) is 0 Å². The minimum absolute atomic E-state index is 0.153. The van der Waals surface area contributed by atoms with E-state index in [0.29, 0.717) is 36.9 Å². The first-order valence-corrected chi connectivity index (χ1v) is 9.07. The number of carbonyl (C=O) groups is 1. The maximum atomic E-state index is 12.7. The van der Waals surface area contributed by atoms with E-state index in [1.165, 1.54) is 0 Å². The molecule has 1 heterocycles. The van der Waals surface area contributed by atoms with Crippen LogP contribution in [0.15, 0.2) is 48.7 Å². The number of benzene rings is 2. The van der Waals surface area contributed by atoms with Crippen molar-refractivity contribution in [2.75, 3.05) is 25.6 Å². The molecule has 0 saturated carbocycles. The summed E-state index contributed by atoms with van der Waals surface area (Å²) in [7, 11) is 1.59. The highest BCUT2D eigenvalue weighted by molar-refractivity contribution is 5.90. The monoisotopic (exact) mass is 367 g/mol. The van der Waals surface area contributed by atoms with E-state index in [4.69, 9.17) is 9.47 Å². The molecule has 0 spiro atoms. The topological polar surface area (TPSA) is 66.6 Å². The quantitative estimate of drug-likeness (QED) is 0.640. The second-order valence-electron chi connectivity index (χ2n) is 6.14. The molecule has 2 amide bonds. The number of rotatable bonds is 7. The molecular formula is C21H25N3O3. The zero-order chi connectivity index (χ0) is 19.2. The summed E-state index contributed by atoms with van der Waals surface area (Å²) in [5, 5.41) is 4.08. The van der Waals surface area contributed by atoms with Crippen LogP contribution in [0.3, 0.4) is 0 Å². The predicted octanol–water partition coefficient (Wildman–Crippen LogP) is 4.63. The third-order valence-electron chi connectivity index (χ3n) is 4.37. The summed E-state index contributed by atoms with van der Waals surface area (Å²) in [5.74, 6) is 1.25. The van der Waals surface area contributed by atoms with E-state index >= 15 is 0 Å². The number of aromatic nitrogens is 1. The van der Waals surface area contributed by atoms with Crippen molar-refractivity contribution < 1.29 is 14.3 Å². The lowest BCUT2D eigenvalue weighted by atomic mass is 10.1. The highest BCUT2D eigenvalue weighted by atomic mass is 16.5. The van der Waals surface area contributed by atoms with Crippen molar-refractivity contribution >= 4 is 22.6 Å². The highest BCUT2D eigenvalue weighted by Gasteiger charge is 2.14. The van der Waals surface area contributed by atoms with Crippen molar-refractivity contribution in [3.8, 4) is 11.5 Å². The number of ether oxygens (including phenoxy) is 2. The van der Waals surface area contributed by atoms with E-state index in [-0.39, 0.29) is 6.03 Å². The Hall–Kier alpha value is -3.15. The smallest absolute Gasteiger partial charge is 0.322 e. The molecule has 0 atom stereocenters. The van der Waals surface area contributed by atoms with Crippen molar-refractivity contribution in [3.05, 3.63) is 54.2 Å². The normalized spacial score (nSPS) is 10.6. The van der Waals surface area contributed by atoms with Gasteiger partial charge in [0.05, 0.1) is 13.7 Å². The molecule has 0 radical (unpaired) electrons. The van der Waals surface area contributed by atoms with Gasteiger partial charge in [-0.05, 0) is 55.1 Å². The highest BCUT2D eigenvalue weighted by Crippen LogP contribution is 2.30. The summed E-state index contributed by atoms with van der Waals surface area (Å²) in [6.07, 6.45) is 1.92. The summed E-state index contributed by atoms with van der Waals surface area (Å²) >= 11 is 0. The average molecular weight is 367 g/mol. The summed E-state index contributed by atoms with van der Waals surface area (Å²) in [4.78, 5) is 17.7. The molecule has 142 valence electrons. The van der Waals surface area contributed by atoms with E-state index in [9.17, 15) is 4.79 Å². The van der Waals surface area contributed by atoms with Gasteiger partial charge in [-0.15, -0.1) is 0 Å². The van der Waals surface area contributed by atoms with Crippen molar-refractivity contribution in [3.63, 3.8) is 0 Å². The van der Waals surface area contributed by atoms with Crippen molar-refractivity contribution in [1.29, 1.82) is 0 Å². The van der Waals surface area contributed by atoms with E-state index in [2.05, 4.69) is 16.4 Å². The summed E-state index contributed by atoms with van der Waals surface area (Å²) < 4.78 is 10.9. The van der Waals surface area contributed by atoms with E-state index in [0.717, 1.165) is 16.5 Å². The van der Waals surface area contributed by atoms with Gasteiger partial charge in [-0.1, -0.05) is 6.07 Å². The number of carbonyl (C=O) groups excluding carboxylic acids is 1. The van der Waals surface area contributed by atoms with Crippen LogP contribution in [0.5, 0.6) is 11.5 Å². The summed E-state index contributed by atoms with van der Waals surface area (Å²) in [6.45, 7) is 5.54. The van der Waals surface area contributed by atoms with Crippen molar-refractivity contribution in [2.45, 2.75) is 20.4 Å². The fraction of sp³-hybridized carbons (Fsp3) is 0.286. The zero-order valence-corrected chi connectivity index (χ0v) is 15.9. The maximum absolute atomic E-state index is 12.7. The van der Waals surface area contributed by atoms with Crippen LogP contribution in [0, 0.1) is 0 Å². The molecule has 2 aromatic carbocycles. The van der Waals surface area contributed by atoms with Gasteiger partial charge < -0.3 is 24.7 Å². The Kier molecular flexibility index (Phi) is 5.86. The van der Waals surface area contributed by atoms with Gasteiger partial charge >= 0.3 is 6.03 Å². The average Bonchev–Trinajstić information content (AvgIpc) is 3.14. The molecule has 27 heavy (non-hydrogen) atoms. The van der Waals surface area contributed by atoms with Crippen LogP contribution in [0.25, 0.3) is 10.9 Å². The molecule has 0 fully saturated rings. The Labute approximate surface area is 159 Å². The Morgan fingerprint density at radius 1 is 1.11 bits per heavy atom. The molecule has 2 N–H and O–H groups in total. The lowest BCUT2D eigenvalue weighted by molar-refractivity contribution is 0.212. The van der Waals surface area contributed by atoms with Crippen LogP contribution in [-0.2, 0) is 6.54 Å². The summed E-state index contributed by atoms with van der Waals surface area (Å²) in [5.41, 5.74) is 2.85. The fourth-order valence-electron chi connectivity index (χ4n) is 2.97. The van der Waals surface area contributed by atoms with Gasteiger partial charge in [-0.3, -0.25) is 0 Å². The molecule has 0 aliphatic heterocycles. The SMILES string of the molecule is CCOc1cc(NC(=O)N(CC)Cc2ccc3[nH]ccc3c2)ccc1OC. The van der Waals surface area contributed by atoms with E-state index in [1.54, 1.807) is 30.2 Å². The van der Waals surface area contributed by atoms with E-state index < -0.39 is 0 Å². The van der Waals surface area contributed by atoms with Crippen LogP contribution < -0.4 is 14.8 Å². The van der Waals surface area contributed by atoms with E-state index in [1.807, 2.05) is 38.2 Å². The van der Waals surface area contributed by atoms with Crippen molar-refractivity contribution in [1.82, 2.24) is 9.88 Å². The molecule has 6 heteroatoms. The van der Waals surface area contributed by atoms with Crippen LogP contribution in [0.1, 0.15) is 19.4 Å². The second kappa shape index (κ2) is 8.49. The molecule has 6 nitrogen and oxygen atoms in total. The Morgan fingerprint density at radius 2 is 1.96 bits per heavy atom. The number of fused-ring (bicyclic) bond motifs is 1. The molecule has 0 unspecified atom stereocenters. The number of nitrogens with zero attached hydrogens (tertiary/aromatic N) is 1. The van der Waals surface area contributed by atoms with Crippen LogP contribution in [0.2, 0.25) is 0 Å². The molecular weight excluding hydrogens is 342 g/mol. The molecule has 1 aromatic heterocycles. The minimum Gasteiger partial charge on any atom is -0.493 e. The van der Waals surface area contributed by atoms with Crippen LogP contribution in [0.4, 0.5) is 10.5 Å². The van der Waals surface area contributed by atoms with Gasteiger partial charge in [0.25, 0.3) is 0 Å². The first-order valence-electron chi connectivity index (χ1n) is 9.07. The lowest BCUT2D eigenvalue weighted by Gasteiger charge is -2.22. The first kappa shape index (κ1) is 18.6. The first-order chi connectivity index (χ1) is 13.1. The van der Waals surface area contributed by atoms with Crippen LogP contribution >= 0.6 is 0 Å².